The zero-order valence-corrected chi connectivity index (χ0v) is 13.3. The van der Waals surface area contributed by atoms with Crippen LogP contribution in [0.5, 0.6) is 0 Å². The molecule has 3 N–H and O–H groups in total. The Balaban J connectivity index is 1.95. The summed E-state index contributed by atoms with van der Waals surface area (Å²) < 4.78 is 0. The molecule has 0 aliphatic rings. The summed E-state index contributed by atoms with van der Waals surface area (Å²) >= 11 is 1.53. The second-order valence-corrected chi connectivity index (χ2v) is 6.90. The number of aromatic nitrogens is 2. The molecule has 0 aliphatic carbocycles. The molecule has 2 aromatic rings. The Bertz CT molecular complexity index is 613. The fraction of sp³-hybridized carbons (Fsp3) is 0.400. The van der Waals surface area contributed by atoms with E-state index in [1.54, 1.807) is 12.1 Å². The van der Waals surface area contributed by atoms with Gasteiger partial charge in [0.05, 0.1) is 6.54 Å². The van der Waals surface area contributed by atoms with Crippen LogP contribution >= 0.6 is 11.3 Å². The number of benzene rings is 1. The van der Waals surface area contributed by atoms with E-state index in [9.17, 15) is 4.79 Å². The highest BCUT2D eigenvalue weighted by Gasteiger charge is 2.19. The maximum Gasteiger partial charge on any atom is 0.251 e. The molecule has 0 fully saturated rings. The summed E-state index contributed by atoms with van der Waals surface area (Å²) in [5, 5.41) is 12.9. The predicted molar refractivity (Wildman–Crippen MR) is 84.1 cm³/mol. The Kier molecular flexibility index (Phi) is 4.69. The lowest BCUT2D eigenvalue weighted by atomic mass is 9.98. The second kappa shape index (κ2) is 6.32. The van der Waals surface area contributed by atoms with Crippen LogP contribution in [-0.4, -0.2) is 16.1 Å². The van der Waals surface area contributed by atoms with Crippen molar-refractivity contribution in [2.75, 3.05) is 0 Å². The highest BCUT2D eigenvalue weighted by Crippen LogP contribution is 2.25. The van der Waals surface area contributed by atoms with E-state index in [4.69, 9.17) is 5.73 Å². The molecule has 0 saturated heterocycles. The first-order chi connectivity index (χ1) is 9.90. The number of hydrogen-bond acceptors (Lipinski definition) is 5. The van der Waals surface area contributed by atoms with Gasteiger partial charge in [0.1, 0.15) is 10.0 Å². The summed E-state index contributed by atoms with van der Waals surface area (Å²) in [5.41, 5.74) is 7.14. The number of amides is 1. The third kappa shape index (κ3) is 4.09. The third-order valence-electron chi connectivity index (χ3n) is 2.96. The number of hydrogen-bond donors (Lipinski definition) is 2. The molecule has 1 aromatic heterocycles. The lowest BCUT2D eigenvalue weighted by molar-refractivity contribution is 0.0951. The monoisotopic (exact) mass is 304 g/mol. The molecule has 1 heterocycles. The Labute approximate surface area is 128 Å². The maximum absolute atomic E-state index is 12.0. The lowest BCUT2D eigenvalue weighted by Crippen LogP contribution is -2.22. The third-order valence-corrected chi connectivity index (χ3v) is 4.31. The largest absolute Gasteiger partial charge is 0.345 e. The topological polar surface area (TPSA) is 80.9 Å². The summed E-state index contributed by atoms with van der Waals surface area (Å²) in [6.07, 6.45) is 0. The van der Waals surface area contributed by atoms with E-state index in [-0.39, 0.29) is 11.3 Å². The Hall–Kier alpha value is -1.79. The molecule has 1 amide bonds. The summed E-state index contributed by atoms with van der Waals surface area (Å²) in [5.74, 6) is -0.119. The van der Waals surface area contributed by atoms with E-state index in [2.05, 4.69) is 36.3 Å². The van der Waals surface area contributed by atoms with Gasteiger partial charge in [0, 0.05) is 17.5 Å². The number of carbonyl (C=O) groups excluding carboxylic acids is 1. The highest BCUT2D eigenvalue weighted by molar-refractivity contribution is 7.11. The van der Waals surface area contributed by atoms with Gasteiger partial charge in [0.2, 0.25) is 0 Å². The minimum atomic E-state index is -0.119. The van der Waals surface area contributed by atoms with E-state index >= 15 is 0 Å². The van der Waals surface area contributed by atoms with E-state index in [1.807, 2.05) is 12.1 Å². The van der Waals surface area contributed by atoms with Gasteiger partial charge in [-0.15, -0.1) is 10.2 Å². The zero-order valence-electron chi connectivity index (χ0n) is 12.5. The molecule has 5 nitrogen and oxygen atoms in total. The number of carbonyl (C=O) groups is 1. The number of nitrogens with zero attached hydrogens (tertiary/aromatic N) is 2. The number of nitrogens with one attached hydrogen (secondary N) is 1. The first-order valence-corrected chi connectivity index (χ1v) is 7.62. The zero-order chi connectivity index (χ0) is 15.5. The van der Waals surface area contributed by atoms with Gasteiger partial charge in [-0.1, -0.05) is 44.2 Å². The van der Waals surface area contributed by atoms with Crippen molar-refractivity contribution in [1.82, 2.24) is 15.5 Å². The molecule has 6 heteroatoms. The first kappa shape index (κ1) is 15.6. The summed E-state index contributed by atoms with van der Waals surface area (Å²) in [6.45, 7) is 7.14. The number of rotatable bonds is 4. The van der Waals surface area contributed by atoms with Gasteiger partial charge < -0.3 is 11.1 Å². The van der Waals surface area contributed by atoms with Crippen molar-refractivity contribution in [2.24, 2.45) is 5.73 Å². The fourth-order valence-electron chi connectivity index (χ4n) is 1.68. The first-order valence-electron chi connectivity index (χ1n) is 6.80. The van der Waals surface area contributed by atoms with Crippen LogP contribution < -0.4 is 11.1 Å². The van der Waals surface area contributed by atoms with Crippen LogP contribution in [-0.2, 0) is 18.5 Å². The summed E-state index contributed by atoms with van der Waals surface area (Å²) in [6, 6.07) is 7.27. The van der Waals surface area contributed by atoms with Gasteiger partial charge in [-0.2, -0.15) is 0 Å². The molecule has 2 rings (SSSR count). The van der Waals surface area contributed by atoms with Gasteiger partial charge in [-0.05, 0) is 17.7 Å². The smallest absolute Gasteiger partial charge is 0.251 e. The van der Waals surface area contributed by atoms with Gasteiger partial charge in [-0.25, -0.2) is 0 Å². The van der Waals surface area contributed by atoms with Crippen LogP contribution in [0.4, 0.5) is 0 Å². The minimum absolute atomic E-state index is 0.0159. The lowest BCUT2D eigenvalue weighted by Gasteiger charge is -2.12. The Morgan fingerprint density at radius 1 is 1.24 bits per heavy atom. The van der Waals surface area contributed by atoms with E-state index in [1.165, 1.54) is 11.3 Å². The molecule has 0 bridgehead atoms. The highest BCUT2D eigenvalue weighted by atomic mass is 32.1. The maximum atomic E-state index is 12.0. The van der Waals surface area contributed by atoms with Gasteiger partial charge in [0.25, 0.3) is 5.91 Å². The van der Waals surface area contributed by atoms with Crippen LogP contribution in [0.1, 0.15) is 46.7 Å². The summed E-state index contributed by atoms with van der Waals surface area (Å²) in [7, 11) is 0. The molecule has 0 unspecified atom stereocenters. The minimum Gasteiger partial charge on any atom is -0.345 e. The molecular formula is C15H20N4OS. The molecule has 0 spiro atoms. The molecule has 1 aromatic carbocycles. The van der Waals surface area contributed by atoms with Gasteiger partial charge in [-0.3, -0.25) is 4.79 Å². The van der Waals surface area contributed by atoms with E-state index in [0.29, 0.717) is 18.7 Å². The van der Waals surface area contributed by atoms with Gasteiger partial charge >= 0.3 is 0 Å². The standard InChI is InChI=1S/C15H20N4OS/c1-15(2,3)14-19-18-12(21-14)9-17-13(20)11-6-4-10(8-16)5-7-11/h4-7H,8-9,16H2,1-3H3,(H,17,20). The van der Waals surface area contributed by atoms with Crippen LogP contribution in [0.25, 0.3) is 0 Å². The Morgan fingerprint density at radius 3 is 2.43 bits per heavy atom. The number of nitrogens with two attached hydrogens (primary N) is 1. The van der Waals surface area contributed by atoms with E-state index in [0.717, 1.165) is 15.6 Å². The SMILES string of the molecule is CC(C)(C)c1nnc(CNC(=O)c2ccc(CN)cc2)s1. The van der Waals surface area contributed by atoms with Crippen LogP contribution in [0, 0.1) is 0 Å². The van der Waals surface area contributed by atoms with Crippen molar-refractivity contribution in [3.63, 3.8) is 0 Å². The van der Waals surface area contributed by atoms with Crippen molar-refractivity contribution in [3.05, 3.63) is 45.4 Å². The van der Waals surface area contributed by atoms with Crippen LogP contribution in [0.15, 0.2) is 24.3 Å². The Morgan fingerprint density at radius 2 is 1.90 bits per heavy atom. The van der Waals surface area contributed by atoms with Crippen molar-refractivity contribution in [2.45, 2.75) is 39.3 Å². The van der Waals surface area contributed by atoms with Crippen LogP contribution in [0.3, 0.4) is 0 Å². The molecular weight excluding hydrogens is 284 g/mol. The van der Waals surface area contributed by atoms with Crippen molar-refractivity contribution >= 4 is 17.2 Å². The van der Waals surface area contributed by atoms with Crippen LogP contribution in [0.2, 0.25) is 0 Å². The predicted octanol–water partition coefficient (Wildman–Crippen LogP) is 2.22. The average molecular weight is 304 g/mol. The van der Waals surface area contributed by atoms with Gasteiger partial charge in [0.15, 0.2) is 0 Å². The molecule has 112 valence electrons. The van der Waals surface area contributed by atoms with E-state index < -0.39 is 0 Å². The quantitative estimate of drug-likeness (QED) is 0.907. The molecule has 0 saturated carbocycles. The molecule has 0 radical (unpaired) electrons. The average Bonchev–Trinajstić information content (AvgIpc) is 2.94. The normalized spacial score (nSPS) is 11.4. The van der Waals surface area contributed by atoms with Crippen molar-refractivity contribution in [1.29, 1.82) is 0 Å². The second-order valence-electron chi connectivity index (χ2n) is 5.83. The van der Waals surface area contributed by atoms with Crippen molar-refractivity contribution in [3.8, 4) is 0 Å². The fourth-order valence-corrected chi connectivity index (χ4v) is 2.52. The molecule has 0 atom stereocenters. The van der Waals surface area contributed by atoms with Crippen molar-refractivity contribution < 1.29 is 4.79 Å². The summed E-state index contributed by atoms with van der Waals surface area (Å²) in [4.78, 5) is 12.0. The molecule has 21 heavy (non-hydrogen) atoms. The molecule has 0 aliphatic heterocycles.